The van der Waals surface area contributed by atoms with Gasteiger partial charge in [-0.3, -0.25) is 0 Å². The van der Waals surface area contributed by atoms with Crippen molar-refractivity contribution in [3.05, 3.63) is 29.7 Å². The fourth-order valence-electron chi connectivity index (χ4n) is 2.44. The van der Waals surface area contributed by atoms with Crippen LogP contribution in [0.5, 0.6) is 0 Å². The van der Waals surface area contributed by atoms with E-state index in [4.69, 9.17) is 27.8 Å². The zero-order valence-electron chi connectivity index (χ0n) is 11.4. The Bertz CT molecular complexity index is 638. The minimum atomic E-state index is 0.171. The van der Waals surface area contributed by atoms with Crippen LogP contribution in [0, 0.1) is 0 Å². The first-order chi connectivity index (χ1) is 10.2. The summed E-state index contributed by atoms with van der Waals surface area (Å²) < 4.78 is 5.38. The van der Waals surface area contributed by atoms with Gasteiger partial charge in [0.1, 0.15) is 5.69 Å². The summed E-state index contributed by atoms with van der Waals surface area (Å²) >= 11 is 5.96. The first kappa shape index (κ1) is 13.9. The van der Waals surface area contributed by atoms with Gasteiger partial charge in [-0.1, -0.05) is 6.07 Å². The van der Waals surface area contributed by atoms with Gasteiger partial charge in [0.2, 0.25) is 5.28 Å². The molecule has 1 aliphatic heterocycles. The molecule has 1 saturated heterocycles. The molecule has 1 aliphatic rings. The van der Waals surface area contributed by atoms with Gasteiger partial charge in [-0.2, -0.15) is 0 Å². The number of nitrogens with zero attached hydrogens (tertiary/aromatic N) is 3. The fourth-order valence-corrected chi connectivity index (χ4v) is 2.57. The van der Waals surface area contributed by atoms with Crippen molar-refractivity contribution in [2.24, 2.45) is 0 Å². The Morgan fingerprint density at radius 3 is 2.48 bits per heavy atom. The normalized spacial score (nSPS) is 15.2. The highest BCUT2D eigenvalue weighted by Gasteiger charge is 2.20. The molecule has 21 heavy (non-hydrogen) atoms. The summed E-state index contributed by atoms with van der Waals surface area (Å²) in [7, 11) is 0. The number of aromatic nitrogens is 2. The summed E-state index contributed by atoms with van der Waals surface area (Å²) in [6, 6.07) is 5.40. The molecule has 2 heterocycles. The molecule has 0 aliphatic carbocycles. The van der Waals surface area contributed by atoms with Crippen LogP contribution in [0.1, 0.15) is 0 Å². The zero-order chi connectivity index (χ0) is 14.8. The highest BCUT2D eigenvalue weighted by molar-refractivity contribution is 6.28. The standard InChI is InChI=1S/C14H16ClN5O/c15-14-18-8-11(20-4-6-21-7-5-20)13(19-14)12-9(16)2-1-3-10(12)17/h1-3,8H,4-7,16-17H2. The Kier molecular flexibility index (Phi) is 3.81. The third-order valence-electron chi connectivity index (χ3n) is 3.46. The molecule has 1 fully saturated rings. The molecule has 0 atom stereocenters. The highest BCUT2D eigenvalue weighted by atomic mass is 35.5. The topological polar surface area (TPSA) is 90.3 Å². The lowest BCUT2D eigenvalue weighted by molar-refractivity contribution is 0.122. The van der Waals surface area contributed by atoms with Crippen LogP contribution >= 0.6 is 11.6 Å². The molecule has 1 aromatic carbocycles. The van der Waals surface area contributed by atoms with E-state index in [1.54, 1.807) is 18.3 Å². The van der Waals surface area contributed by atoms with Crippen LogP contribution in [0.4, 0.5) is 17.1 Å². The molecule has 0 spiro atoms. The number of anilines is 3. The third-order valence-corrected chi connectivity index (χ3v) is 3.64. The smallest absolute Gasteiger partial charge is 0.223 e. The molecule has 6 nitrogen and oxygen atoms in total. The van der Waals surface area contributed by atoms with E-state index in [9.17, 15) is 0 Å². The zero-order valence-corrected chi connectivity index (χ0v) is 12.2. The Balaban J connectivity index is 2.14. The second-order valence-corrected chi connectivity index (χ2v) is 5.12. The first-order valence-corrected chi connectivity index (χ1v) is 7.04. The number of benzene rings is 1. The van der Waals surface area contributed by atoms with E-state index in [1.807, 2.05) is 6.07 Å². The minimum absolute atomic E-state index is 0.171. The number of rotatable bonds is 2. The summed E-state index contributed by atoms with van der Waals surface area (Å²) in [5, 5.41) is 0.171. The third kappa shape index (κ3) is 2.72. The number of morpholine rings is 1. The van der Waals surface area contributed by atoms with E-state index >= 15 is 0 Å². The molecule has 0 amide bonds. The molecule has 0 radical (unpaired) electrons. The average molecular weight is 306 g/mol. The molecule has 7 heteroatoms. The van der Waals surface area contributed by atoms with Gasteiger partial charge in [0.25, 0.3) is 0 Å². The van der Waals surface area contributed by atoms with Gasteiger partial charge in [-0.05, 0) is 23.7 Å². The van der Waals surface area contributed by atoms with Crippen molar-refractivity contribution in [3.8, 4) is 11.3 Å². The Hall–Kier alpha value is -2.05. The number of hydrogen-bond donors (Lipinski definition) is 2. The number of nitrogens with two attached hydrogens (primary N) is 2. The molecule has 0 bridgehead atoms. The van der Waals surface area contributed by atoms with Gasteiger partial charge in [-0.15, -0.1) is 0 Å². The molecule has 1 aromatic heterocycles. The quantitative estimate of drug-likeness (QED) is 0.649. The molecule has 110 valence electrons. The monoisotopic (exact) mass is 305 g/mol. The molecule has 2 aromatic rings. The van der Waals surface area contributed by atoms with Crippen LogP contribution < -0.4 is 16.4 Å². The summed E-state index contributed by atoms with van der Waals surface area (Å²) in [4.78, 5) is 10.6. The maximum Gasteiger partial charge on any atom is 0.223 e. The number of ether oxygens (including phenoxy) is 1. The number of hydrogen-bond acceptors (Lipinski definition) is 6. The summed E-state index contributed by atoms with van der Waals surface area (Å²) in [5.74, 6) is 0. The van der Waals surface area contributed by atoms with E-state index in [-0.39, 0.29) is 5.28 Å². The van der Waals surface area contributed by atoms with Gasteiger partial charge < -0.3 is 21.1 Å². The van der Waals surface area contributed by atoms with E-state index in [1.165, 1.54) is 0 Å². The lowest BCUT2D eigenvalue weighted by atomic mass is 10.1. The second kappa shape index (κ2) is 5.75. The van der Waals surface area contributed by atoms with Crippen molar-refractivity contribution in [2.45, 2.75) is 0 Å². The number of nitrogen functional groups attached to an aromatic ring is 2. The predicted molar refractivity (Wildman–Crippen MR) is 84.3 cm³/mol. The fraction of sp³-hybridized carbons (Fsp3) is 0.286. The van der Waals surface area contributed by atoms with Crippen LogP contribution in [0.2, 0.25) is 5.28 Å². The van der Waals surface area contributed by atoms with Gasteiger partial charge in [-0.25, -0.2) is 9.97 Å². The highest BCUT2D eigenvalue weighted by Crippen LogP contribution is 2.37. The van der Waals surface area contributed by atoms with Gasteiger partial charge in [0, 0.05) is 30.0 Å². The molecular formula is C14H16ClN5O. The van der Waals surface area contributed by atoms with Crippen LogP contribution in [-0.4, -0.2) is 36.3 Å². The van der Waals surface area contributed by atoms with Crippen molar-refractivity contribution < 1.29 is 4.74 Å². The predicted octanol–water partition coefficient (Wildman–Crippen LogP) is 1.80. The summed E-state index contributed by atoms with van der Waals surface area (Å²) in [6.07, 6.45) is 1.71. The second-order valence-electron chi connectivity index (χ2n) is 4.78. The lowest BCUT2D eigenvalue weighted by Crippen LogP contribution is -2.36. The maximum atomic E-state index is 6.08. The number of halogens is 1. The van der Waals surface area contributed by atoms with E-state index in [2.05, 4.69) is 14.9 Å². The van der Waals surface area contributed by atoms with Gasteiger partial charge >= 0.3 is 0 Å². The van der Waals surface area contributed by atoms with Crippen LogP contribution in [0.25, 0.3) is 11.3 Å². The van der Waals surface area contributed by atoms with Crippen LogP contribution in [0.15, 0.2) is 24.4 Å². The summed E-state index contributed by atoms with van der Waals surface area (Å²) in [5.41, 5.74) is 15.5. The molecule has 4 N–H and O–H groups in total. The lowest BCUT2D eigenvalue weighted by Gasteiger charge is -2.30. The van der Waals surface area contributed by atoms with Crippen molar-refractivity contribution in [3.63, 3.8) is 0 Å². The van der Waals surface area contributed by atoms with Gasteiger partial charge in [0.15, 0.2) is 0 Å². The minimum Gasteiger partial charge on any atom is -0.398 e. The molecule has 3 rings (SSSR count). The Morgan fingerprint density at radius 2 is 1.81 bits per heavy atom. The van der Waals surface area contributed by atoms with Crippen molar-refractivity contribution in [1.29, 1.82) is 0 Å². The van der Waals surface area contributed by atoms with Crippen molar-refractivity contribution in [1.82, 2.24) is 9.97 Å². The average Bonchev–Trinajstić information content (AvgIpc) is 2.48. The molecule has 0 unspecified atom stereocenters. The van der Waals surface area contributed by atoms with E-state index in [0.29, 0.717) is 35.8 Å². The SMILES string of the molecule is Nc1cccc(N)c1-c1nc(Cl)ncc1N1CCOCC1. The van der Waals surface area contributed by atoms with Crippen molar-refractivity contribution >= 4 is 28.7 Å². The van der Waals surface area contributed by atoms with E-state index < -0.39 is 0 Å². The molecular weight excluding hydrogens is 290 g/mol. The van der Waals surface area contributed by atoms with E-state index in [0.717, 1.165) is 18.8 Å². The Labute approximate surface area is 127 Å². The molecule has 0 saturated carbocycles. The largest absolute Gasteiger partial charge is 0.398 e. The van der Waals surface area contributed by atoms with Crippen LogP contribution in [0.3, 0.4) is 0 Å². The Morgan fingerprint density at radius 1 is 1.14 bits per heavy atom. The maximum absolute atomic E-state index is 6.08. The van der Waals surface area contributed by atoms with Crippen LogP contribution in [-0.2, 0) is 4.74 Å². The van der Waals surface area contributed by atoms with Gasteiger partial charge in [0.05, 0.1) is 25.1 Å². The summed E-state index contributed by atoms with van der Waals surface area (Å²) in [6.45, 7) is 2.87. The first-order valence-electron chi connectivity index (χ1n) is 6.66. The van der Waals surface area contributed by atoms with Crippen molar-refractivity contribution in [2.75, 3.05) is 42.7 Å².